The molecule has 0 bridgehead atoms. The number of nitrogens with one attached hydrogen (secondary N) is 1. The van der Waals surface area contributed by atoms with Crippen molar-refractivity contribution in [3.05, 3.63) is 77.4 Å². The molecule has 1 N–H and O–H groups in total. The van der Waals surface area contributed by atoms with E-state index < -0.39 is 18.4 Å². The molecule has 0 aliphatic rings. The molecule has 0 fully saturated rings. The summed E-state index contributed by atoms with van der Waals surface area (Å²) in [4.78, 5) is 9.44. The monoisotopic (exact) mass is 555 g/mol. The molecule has 7 nitrogen and oxygen atoms in total. The molecule has 0 aliphatic carbocycles. The lowest BCUT2D eigenvalue weighted by molar-refractivity contribution is 0.321. The Labute approximate surface area is 224 Å². The standard InChI is InChI=1S/C27H33N3O4S2Si/c1-27(2,3)37(4,5)34-24-14-10-9-13-22(24)30-26-25-23(28-19-29-26)17-21(35-25)18-36(31,32)33-16-15-20-11-7-6-8-12-20/h6-14,17,19H,15-16,18H2,1-5H3,(H,28,29,30). The van der Waals surface area contributed by atoms with Gasteiger partial charge in [-0.15, -0.1) is 11.3 Å². The summed E-state index contributed by atoms with van der Waals surface area (Å²) in [5, 5.41) is 3.45. The Morgan fingerprint density at radius 1 is 1.00 bits per heavy atom. The number of hydrogen-bond acceptors (Lipinski definition) is 8. The topological polar surface area (TPSA) is 90.4 Å². The first-order chi connectivity index (χ1) is 17.4. The van der Waals surface area contributed by atoms with E-state index in [9.17, 15) is 8.42 Å². The largest absolute Gasteiger partial charge is 0.542 e. The normalized spacial score (nSPS) is 12.6. The molecule has 4 aromatic rings. The highest BCUT2D eigenvalue weighted by Gasteiger charge is 2.39. The van der Waals surface area contributed by atoms with Crippen molar-refractivity contribution in [2.24, 2.45) is 0 Å². The van der Waals surface area contributed by atoms with Crippen molar-refractivity contribution in [1.82, 2.24) is 9.97 Å². The van der Waals surface area contributed by atoms with Crippen molar-refractivity contribution in [3.63, 3.8) is 0 Å². The number of thiophene rings is 1. The molecular weight excluding hydrogens is 523 g/mol. The van der Waals surface area contributed by atoms with E-state index >= 15 is 0 Å². The summed E-state index contributed by atoms with van der Waals surface area (Å²) in [5.74, 6) is 1.16. The molecule has 2 aromatic carbocycles. The smallest absolute Gasteiger partial charge is 0.272 e. The van der Waals surface area contributed by atoms with E-state index in [-0.39, 0.29) is 17.4 Å². The summed E-state index contributed by atoms with van der Waals surface area (Å²) in [7, 11) is -5.79. The van der Waals surface area contributed by atoms with Crippen molar-refractivity contribution in [1.29, 1.82) is 0 Å². The summed E-state index contributed by atoms with van der Waals surface area (Å²) in [5.41, 5.74) is 2.52. The Kier molecular flexibility index (Phi) is 8.03. The third kappa shape index (κ3) is 6.95. The fourth-order valence-corrected chi connectivity index (χ4v) is 6.83. The van der Waals surface area contributed by atoms with Crippen LogP contribution in [0.3, 0.4) is 0 Å². The van der Waals surface area contributed by atoms with Gasteiger partial charge < -0.3 is 9.74 Å². The Morgan fingerprint density at radius 2 is 1.70 bits per heavy atom. The molecule has 0 amide bonds. The van der Waals surface area contributed by atoms with Crippen molar-refractivity contribution in [2.45, 2.75) is 51.1 Å². The third-order valence-electron chi connectivity index (χ3n) is 6.49. The SMILES string of the molecule is CC(C)(C)[Si](C)(C)Oc1ccccc1Nc1ncnc2cc(CS(=O)(=O)OCCc3ccccc3)sc12. The average molecular weight is 556 g/mol. The minimum Gasteiger partial charge on any atom is -0.542 e. The van der Waals surface area contributed by atoms with Gasteiger partial charge in [0.05, 0.1) is 22.5 Å². The molecule has 10 heteroatoms. The number of nitrogens with zero attached hydrogens (tertiary/aromatic N) is 2. The minimum absolute atomic E-state index is 0.0552. The van der Waals surface area contributed by atoms with Gasteiger partial charge in [0.25, 0.3) is 18.4 Å². The van der Waals surface area contributed by atoms with Crippen molar-refractivity contribution in [3.8, 4) is 5.75 Å². The fraction of sp³-hybridized carbons (Fsp3) is 0.333. The Hall–Kier alpha value is -2.79. The van der Waals surface area contributed by atoms with Crippen LogP contribution in [0.1, 0.15) is 31.2 Å². The molecule has 2 aromatic heterocycles. The van der Waals surface area contributed by atoms with Crippen molar-refractivity contribution >= 4 is 51.5 Å². The zero-order valence-electron chi connectivity index (χ0n) is 21.8. The van der Waals surface area contributed by atoms with E-state index in [0.717, 1.165) is 21.7 Å². The Bertz CT molecular complexity index is 1470. The highest BCUT2D eigenvalue weighted by atomic mass is 32.2. The number of benzene rings is 2. The van der Waals surface area contributed by atoms with Gasteiger partial charge in [-0.25, -0.2) is 9.97 Å². The Balaban J connectivity index is 1.50. The van der Waals surface area contributed by atoms with Gasteiger partial charge in [-0.05, 0) is 48.3 Å². The van der Waals surface area contributed by atoms with Crippen molar-refractivity contribution < 1.29 is 17.0 Å². The molecule has 196 valence electrons. The maximum atomic E-state index is 12.6. The number of rotatable bonds is 10. The molecular formula is C27H33N3O4S2Si. The average Bonchev–Trinajstić information content (AvgIpc) is 3.22. The first-order valence-electron chi connectivity index (χ1n) is 12.1. The molecule has 37 heavy (non-hydrogen) atoms. The highest BCUT2D eigenvalue weighted by Crippen LogP contribution is 2.40. The van der Waals surface area contributed by atoms with Gasteiger partial charge in [0.2, 0.25) is 0 Å². The molecule has 0 saturated heterocycles. The van der Waals surface area contributed by atoms with Crippen LogP contribution in [-0.2, 0) is 26.5 Å². The van der Waals surface area contributed by atoms with E-state index in [1.807, 2.05) is 54.6 Å². The van der Waals surface area contributed by atoms with Crippen LogP contribution in [0.4, 0.5) is 11.5 Å². The van der Waals surface area contributed by atoms with Crippen LogP contribution in [0.15, 0.2) is 67.0 Å². The summed E-state index contributed by atoms with van der Waals surface area (Å²) >= 11 is 1.34. The van der Waals surface area contributed by atoms with E-state index in [4.69, 9.17) is 8.61 Å². The lowest BCUT2D eigenvalue weighted by atomic mass is 10.2. The molecule has 4 rings (SSSR count). The van der Waals surface area contributed by atoms with Gasteiger partial charge in [0.15, 0.2) is 5.82 Å². The van der Waals surface area contributed by atoms with Gasteiger partial charge in [-0.2, -0.15) is 8.42 Å². The van der Waals surface area contributed by atoms with Crippen LogP contribution >= 0.6 is 11.3 Å². The van der Waals surface area contributed by atoms with E-state index in [1.165, 1.54) is 17.7 Å². The van der Waals surface area contributed by atoms with E-state index in [0.29, 0.717) is 22.6 Å². The zero-order valence-corrected chi connectivity index (χ0v) is 24.4. The number of anilines is 2. The molecule has 0 saturated carbocycles. The predicted molar refractivity (Wildman–Crippen MR) is 154 cm³/mol. The molecule has 0 spiro atoms. The molecule has 2 heterocycles. The van der Waals surface area contributed by atoms with Crippen LogP contribution in [0.5, 0.6) is 5.75 Å². The summed E-state index contributed by atoms with van der Waals surface area (Å²) in [6.07, 6.45) is 2.01. The highest BCUT2D eigenvalue weighted by molar-refractivity contribution is 7.86. The second kappa shape index (κ2) is 10.9. The third-order valence-corrected chi connectivity index (χ3v) is 13.3. The van der Waals surface area contributed by atoms with E-state index in [1.54, 1.807) is 6.07 Å². The quantitative estimate of drug-likeness (QED) is 0.168. The summed E-state index contributed by atoms with van der Waals surface area (Å²) in [6, 6.07) is 19.3. The molecule has 0 aliphatic heterocycles. The van der Waals surface area contributed by atoms with Gasteiger partial charge >= 0.3 is 0 Å². The first kappa shape index (κ1) is 27.2. The maximum Gasteiger partial charge on any atom is 0.272 e. The van der Waals surface area contributed by atoms with Crippen LogP contribution in [0.25, 0.3) is 10.2 Å². The van der Waals surface area contributed by atoms with Gasteiger partial charge in [-0.1, -0.05) is 63.2 Å². The van der Waals surface area contributed by atoms with Crippen LogP contribution in [0.2, 0.25) is 18.1 Å². The fourth-order valence-electron chi connectivity index (χ4n) is 3.43. The van der Waals surface area contributed by atoms with Crippen LogP contribution in [-0.4, -0.2) is 33.3 Å². The van der Waals surface area contributed by atoms with Gasteiger partial charge in [0, 0.05) is 4.88 Å². The summed E-state index contributed by atoms with van der Waals surface area (Å²) < 4.78 is 37.8. The van der Waals surface area contributed by atoms with Crippen LogP contribution < -0.4 is 9.74 Å². The van der Waals surface area contributed by atoms with Gasteiger partial charge in [0.1, 0.15) is 17.8 Å². The second-order valence-corrected chi connectivity index (χ2v) is 17.9. The number of aromatic nitrogens is 2. The van der Waals surface area contributed by atoms with E-state index in [2.05, 4.69) is 49.1 Å². The molecule has 0 radical (unpaired) electrons. The van der Waals surface area contributed by atoms with Gasteiger partial charge in [-0.3, -0.25) is 4.18 Å². The zero-order chi connectivity index (χ0) is 26.7. The number of hydrogen-bond donors (Lipinski definition) is 1. The Morgan fingerprint density at radius 3 is 2.43 bits per heavy atom. The number of fused-ring (bicyclic) bond motifs is 1. The molecule has 0 atom stereocenters. The number of para-hydroxylation sites is 2. The lowest BCUT2D eigenvalue weighted by Crippen LogP contribution is -2.44. The minimum atomic E-state index is -3.74. The van der Waals surface area contributed by atoms with Crippen molar-refractivity contribution in [2.75, 3.05) is 11.9 Å². The lowest BCUT2D eigenvalue weighted by Gasteiger charge is -2.37. The van der Waals surface area contributed by atoms with Crippen LogP contribution in [0, 0.1) is 0 Å². The molecule has 0 unspecified atom stereocenters. The first-order valence-corrected chi connectivity index (χ1v) is 17.4. The second-order valence-electron chi connectivity index (χ2n) is 10.4. The summed E-state index contributed by atoms with van der Waals surface area (Å²) in [6.45, 7) is 11.1. The predicted octanol–water partition coefficient (Wildman–Crippen LogP) is 6.91. The maximum absolute atomic E-state index is 12.6.